The second-order valence-corrected chi connectivity index (χ2v) is 4.64. The van der Waals surface area contributed by atoms with Gasteiger partial charge < -0.3 is 5.11 Å². The van der Waals surface area contributed by atoms with Gasteiger partial charge in [-0.05, 0) is 18.9 Å². The highest BCUT2D eigenvalue weighted by atomic mass is 19.3. The molecule has 17 heavy (non-hydrogen) atoms. The number of hydrogen-bond acceptors (Lipinski definition) is 2. The van der Waals surface area contributed by atoms with E-state index in [4.69, 9.17) is 5.11 Å². The van der Waals surface area contributed by atoms with Crippen LogP contribution in [-0.2, 0) is 5.92 Å². The lowest BCUT2D eigenvalue weighted by Crippen LogP contribution is -2.34. The zero-order valence-corrected chi connectivity index (χ0v) is 9.65. The van der Waals surface area contributed by atoms with Crippen LogP contribution in [0.5, 0.6) is 0 Å². The van der Waals surface area contributed by atoms with E-state index in [1.54, 1.807) is 23.1 Å². The highest BCUT2D eigenvalue weighted by Crippen LogP contribution is 2.30. The predicted molar refractivity (Wildman–Crippen MR) is 62.0 cm³/mol. The maximum absolute atomic E-state index is 13.9. The number of aliphatic hydroxyl groups is 1. The lowest BCUT2D eigenvalue weighted by molar-refractivity contribution is -0.0339. The Balaban J connectivity index is 1.98. The minimum Gasteiger partial charge on any atom is -0.396 e. The van der Waals surface area contributed by atoms with Crippen LogP contribution in [0.25, 0.3) is 0 Å². The molecule has 2 nitrogen and oxygen atoms in total. The van der Waals surface area contributed by atoms with E-state index in [0.717, 1.165) is 6.42 Å². The average molecular weight is 241 g/mol. The summed E-state index contributed by atoms with van der Waals surface area (Å²) in [6, 6.07) is 7.91. The van der Waals surface area contributed by atoms with E-state index in [1.807, 2.05) is 0 Å². The molecule has 94 valence electrons. The van der Waals surface area contributed by atoms with Crippen LogP contribution in [0, 0.1) is 5.92 Å². The van der Waals surface area contributed by atoms with Gasteiger partial charge in [0.15, 0.2) is 0 Å². The maximum atomic E-state index is 13.9. The molecular formula is C13H17F2NO. The Labute approximate surface area is 99.9 Å². The van der Waals surface area contributed by atoms with E-state index in [2.05, 4.69) is 0 Å². The Hall–Kier alpha value is -1.00. The summed E-state index contributed by atoms with van der Waals surface area (Å²) in [4.78, 5) is 1.73. The van der Waals surface area contributed by atoms with Crippen molar-refractivity contribution >= 4 is 0 Å². The monoisotopic (exact) mass is 241 g/mol. The average Bonchev–Trinajstić information content (AvgIpc) is 2.77. The summed E-state index contributed by atoms with van der Waals surface area (Å²) in [5, 5.41) is 8.98. The SMILES string of the molecule is OCC1CCN(CC(F)(F)c2ccccc2)C1. The first-order chi connectivity index (χ1) is 8.12. The number of nitrogens with zero attached hydrogens (tertiary/aromatic N) is 1. The van der Waals surface area contributed by atoms with Crippen molar-refractivity contribution in [3.8, 4) is 0 Å². The number of benzene rings is 1. The molecule has 0 saturated carbocycles. The van der Waals surface area contributed by atoms with Crippen molar-refractivity contribution in [2.45, 2.75) is 12.3 Å². The largest absolute Gasteiger partial charge is 0.396 e. The molecule has 0 spiro atoms. The minimum absolute atomic E-state index is 0.0625. The van der Waals surface area contributed by atoms with Crippen LogP contribution in [0.3, 0.4) is 0 Å². The fourth-order valence-electron chi connectivity index (χ4n) is 2.26. The first-order valence-corrected chi connectivity index (χ1v) is 5.88. The summed E-state index contributed by atoms with van der Waals surface area (Å²) < 4.78 is 27.9. The predicted octanol–water partition coefficient (Wildman–Crippen LogP) is 2.09. The van der Waals surface area contributed by atoms with E-state index in [9.17, 15) is 8.78 Å². The molecule has 0 aromatic heterocycles. The Morgan fingerprint density at radius 2 is 2.00 bits per heavy atom. The topological polar surface area (TPSA) is 23.5 Å². The molecule has 1 fully saturated rings. The number of likely N-dealkylation sites (tertiary alicyclic amines) is 1. The zero-order valence-electron chi connectivity index (χ0n) is 9.65. The number of alkyl halides is 2. The number of rotatable bonds is 4. The van der Waals surface area contributed by atoms with Crippen molar-refractivity contribution in [1.29, 1.82) is 0 Å². The van der Waals surface area contributed by atoms with Gasteiger partial charge in [0.2, 0.25) is 0 Å². The second-order valence-electron chi connectivity index (χ2n) is 4.64. The van der Waals surface area contributed by atoms with E-state index in [0.29, 0.717) is 13.1 Å². The van der Waals surface area contributed by atoms with E-state index < -0.39 is 5.92 Å². The molecule has 1 aromatic carbocycles. The fraction of sp³-hybridized carbons (Fsp3) is 0.538. The van der Waals surface area contributed by atoms with Gasteiger partial charge >= 0.3 is 0 Å². The van der Waals surface area contributed by atoms with Crippen LogP contribution >= 0.6 is 0 Å². The molecule has 1 N–H and O–H groups in total. The molecule has 1 saturated heterocycles. The third-order valence-corrected chi connectivity index (χ3v) is 3.25. The molecule has 0 aliphatic carbocycles. The molecule has 1 aromatic rings. The lowest BCUT2D eigenvalue weighted by Gasteiger charge is -2.23. The molecule has 2 rings (SSSR count). The Kier molecular flexibility index (Phi) is 3.74. The maximum Gasteiger partial charge on any atom is 0.285 e. The second kappa shape index (κ2) is 5.10. The molecule has 0 bridgehead atoms. The molecule has 1 aliphatic heterocycles. The molecule has 1 heterocycles. The van der Waals surface area contributed by atoms with Gasteiger partial charge in [-0.25, -0.2) is 0 Å². The van der Waals surface area contributed by atoms with E-state index in [1.165, 1.54) is 12.1 Å². The Morgan fingerprint density at radius 1 is 1.29 bits per heavy atom. The van der Waals surface area contributed by atoms with Gasteiger partial charge in [0.05, 0.1) is 6.54 Å². The van der Waals surface area contributed by atoms with Gasteiger partial charge in [0, 0.05) is 18.7 Å². The van der Waals surface area contributed by atoms with E-state index >= 15 is 0 Å². The number of halogens is 2. The zero-order chi connectivity index (χ0) is 12.3. The summed E-state index contributed by atoms with van der Waals surface area (Å²) >= 11 is 0. The minimum atomic E-state index is -2.81. The van der Waals surface area contributed by atoms with Crippen molar-refractivity contribution in [2.24, 2.45) is 5.92 Å². The van der Waals surface area contributed by atoms with Gasteiger partial charge in [-0.2, -0.15) is 8.78 Å². The summed E-state index contributed by atoms with van der Waals surface area (Å²) in [6.45, 7) is 1.05. The Bertz CT molecular complexity index is 356. The van der Waals surface area contributed by atoms with Gasteiger partial charge in [0.25, 0.3) is 5.92 Å². The third kappa shape index (κ3) is 3.01. The first-order valence-electron chi connectivity index (χ1n) is 5.88. The molecule has 1 unspecified atom stereocenters. The molecule has 0 radical (unpaired) electrons. The Morgan fingerprint density at radius 3 is 2.59 bits per heavy atom. The molecule has 0 amide bonds. The van der Waals surface area contributed by atoms with Crippen molar-refractivity contribution in [3.05, 3.63) is 35.9 Å². The van der Waals surface area contributed by atoms with Crippen LogP contribution in [0.4, 0.5) is 8.78 Å². The molecule has 1 aliphatic rings. The highest BCUT2D eigenvalue weighted by Gasteiger charge is 2.36. The molecular weight excluding hydrogens is 224 g/mol. The molecule has 1 atom stereocenters. The highest BCUT2D eigenvalue weighted by molar-refractivity contribution is 5.20. The number of aliphatic hydroxyl groups excluding tert-OH is 1. The van der Waals surface area contributed by atoms with Crippen LogP contribution in [-0.4, -0.2) is 36.2 Å². The summed E-state index contributed by atoms with van der Waals surface area (Å²) in [6.07, 6.45) is 0.807. The van der Waals surface area contributed by atoms with Crippen molar-refractivity contribution < 1.29 is 13.9 Å². The lowest BCUT2D eigenvalue weighted by atomic mass is 10.1. The smallest absolute Gasteiger partial charge is 0.285 e. The first kappa shape index (κ1) is 12.5. The quantitative estimate of drug-likeness (QED) is 0.872. The molecule has 4 heteroatoms. The van der Waals surface area contributed by atoms with Crippen LogP contribution < -0.4 is 0 Å². The van der Waals surface area contributed by atoms with Crippen molar-refractivity contribution in [1.82, 2.24) is 4.90 Å². The van der Waals surface area contributed by atoms with Crippen LogP contribution in [0.1, 0.15) is 12.0 Å². The van der Waals surface area contributed by atoms with Gasteiger partial charge in [0.1, 0.15) is 0 Å². The van der Waals surface area contributed by atoms with Gasteiger partial charge in [-0.1, -0.05) is 30.3 Å². The van der Waals surface area contributed by atoms with Gasteiger partial charge in [-0.3, -0.25) is 4.90 Å². The fourth-order valence-corrected chi connectivity index (χ4v) is 2.26. The standard InChI is InChI=1S/C13H17F2NO/c14-13(15,12-4-2-1-3-5-12)10-16-7-6-11(8-16)9-17/h1-5,11,17H,6-10H2. The number of hydrogen-bond donors (Lipinski definition) is 1. The summed E-state index contributed by atoms with van der Waals surface area (Å²) in [5.41, 5.74) is 0.0625. The summed E-state index contributed by atoms with van der Waals surface area (Å²) in [5.74, 6) is -2.66. The normalized spacial score (nSPS) is 21.9. The van der Waals surface area contributed by atoms with Crippen LogP contribution in [0.2, 0.25) is 0 Å². The van der Waals surface area contributed by atoms with Crippen LogP contribution in [0.15, 0.2) is 30.3 Å². The van der Waals surface area contributed by atoms with Gasteiger partial charge in [-0.15, -0.1) is 0 Å². The third-order valence-electron chi connectivity index (χ3n) is 3.25. The van der Waals surface area contributed by atoms with Crippen molar-refractivity contribution in [3.63, 3.8) is 0 Å². The van der Waals surface area contributed by atoms with E-state index in [-0.39, 0.29) is 24.6 Å². The summed E-state index contributed by atoms with van der Waals surface area (Å²) in [7, 11) is 0. The van der Waals surface area contributed by atoms with Crippen molar-refractivity contribution in [2.75, 3.05) is 26.2 Å².